The predicted molar refractivity (Wildman–Crippen MR) is 225 cm³/mol. The zero-order valence-corrected chi connectivity index (χ0v) is 37.1. The SMILES string of the molecule is CC1(CCCCC(=O)O)/C(=C/C=C/C=C/C=C/c2sc3c(I)c(I)c(I)cc3[n+]2CCCS(=O)(=O)O)N(CS(=O)(=O)O)c2ccc(S(=O)(=O)O)cc21. The highest BCUT2D eigenvalue weighted by Crippen LogP contribution is 2.51. The number of rotatable bonds is 16. The van der Waals surface area contributed by atoms with Crippen molar-refractivity contribution < 1.29 is 53.4 Å². The maximum atomic E-state index is 12.1. The Kier molecular flexibility index (Phi) is 14.6. The van der Waals surface area contributed by atoms with E-state index in [-0.39, 0.29) is 23.5 Å². The summed E-state index contributed by atoms with van der Waals surface area (Å²) < 4.78 is 106. The van der Waals surface area contributed by atoms with Crippen molar-refractivity contribution in [2.24, 2.45) is 0 Å². The minimum atomic E-state index is -4.61. The van der Waals surface area contributed by atoms with Crippen molar-refractivity contribution in [3.8, 4) is 0 Å². The van der Waals surface area contributed by atoms with Crippen LogP contribution in [-0.4, -0.2) is 61.6 Å². The molecular formula is C32H34I3N2O11S4+. The number of allylic oxidation sites excluding steroid dienone is 7. The van der Waals surface area contributed by atoms with Crippen molar-refractivity contribution in [1.82, 2.24) is 0 Å². The van der Waals surface area contributed by atoms with Gasteiger partial charge in [-0.1, -0.05) is 48.1 Å². The number of halogens is 3. The lowest BCUT2D eigenvalue weighted by Crippen LogP contribution is -2.36. The van der Waals surface area contributed by atoms with Crippen LogP contribution in [0.2, 0.25) is 0 Å². The third kappa shape index (κ3) is 11.0. The fourth-order valence-electron chi connectivity index (χ4n) is 5.89. The third-order valence-corrected chi connectivity index (χ3v) is 17.1. The normalized spacial score (nSPS) is 17.8. The van der Waals surface area contributed by atoms with Crippen molar-refractivity contribution in [2.45, 2.75) is 55.9 Å². The molecule has 0 spiro atoms. The van der Waals surface area contributed by atoms with Crippen LogP contribution in [-0.2, 0) is 47.1 Å². The number of aliphatic carboxylic acids is 1. The van der Waals surface area contributed by atoms with E-state index >= 15 is 0 Å². The Morgan fingerprint density at radius 3 is 2.21 bits per heavy atom. The van der Waals surface area contributed by atoms with Crippen LogP contribution in [0.15, 0.2) is 71.3 Å². The number of hydrogen-bond acceptors (Lipinski definition) is 9. The molecule has 1 atom stereocenters. The lowest BCUT2D eigenvalue weighted by Gasteiger charge is -2.30. The van der Waals surface area contributed by atoms with Crippen LogP contribution in [0, 0.1) is 10.7 Å². The van der Waals surface area contributed by atoms with Crippen molar-refractivity contribution in [3.05, 3.63) is 87.7 Å². The molecule has 1 aliphatic heterocycles. The van der Waals surface area contributed by atoms with E-state index in [1.54, 1.807) is 48.6 Å². The van der Waals surface area contributed by atoms with Gasteiger partial charge in [-0.25, -0.2) is 0 Å². The number of benzene rings is 2. The molecule has 2 aromatic carbocycles. The maximum absolute atomic E-state index is 12.1. The van der Waals surface area contributed by atoms with Gasteiger partial charge in [0.1, 0.15) is 4.70 Å². The summed E-state index contributed by atoms with van der Waals surface area (Å²) in [7, 11) is -13.3. The van der Waals surface area contributed by atoms with E-state index in [0.717, 1.165) is 32.0 Å². The number of hydrogen-bond donors (Lipinski definition) is 4. The number of nitrogens with zero attached hydrogens (tertiary/aromatic N) is 2. The van der Waals surface area contributed by atoms with E-state index in [4.69, 9.17) is 5.11 Å². The van der Waals surface area contributed by atoms with Crippen molar-refractivity contribution in [2.75, 3.05) is 16.5 Å². The molecule has 2 heterocycles. The van der Waals surface area contributed by atoms with E-state index in [0.29, 0.717) is 42.8 Å². The number of aryl methyl sites for hydroxylation is 1. The van der Waals surface area contributed by atoms with Gasteiger partial charge in [0, 0.05) is 48.9 Å². The first-order valence-corrected chi connectivity index (χ1v) is 24.1. The Bertz CT molecular complexity index is 2340. The molecule has 0 radical (unpaired) electrons. The highest BCUT2D eigenvalue weighted by Gasteiger charge is 2.44. The summed E-state index contributed by atoms with van der Waals surface area (Å²) in [6.45, 7) is 2.13. The van der Waals surface area contributed by atoms with Crippen LogP contribution < -0.4 is 9.47 Å². The third-order valence-electron chi connectivity index (χ3n) is 8.20. The molecule has 0 saturated carbocycles. The fourth-order valence-corrected chi connectivity index (χ4v) is 11.2. The Morgan fingerprint density at radius 2 is 1.58 bits per heavy atom. The average Bonchev–Trinajstić information content (AvgIpc) is 3.47. The van der Waals surface area contributed by atoms with Crippen LogP contribution in [0.1, 0.15) is 49.6 Å². The van der Waals surface area contributed by atoms with Gasteiger partial charge in [0.05, 0.1) is 14.2 Å². The van der Waals surface area contributed by atoms with Crippen molar-refractivity contribution in [1.29, 1.82) is 0 Å². The summed E-state index contributed by atoms with van der Waals surface area (Å²) in [6.07, 6.45) is 13.3. The highest BCUT2D eigenvalue weighted by atomic mass is 127. The van der Waals surface area contributed by atoms with Crippen molar-refractivity contribution in [3.63, 3.8) is 0 Å². The van der Waals surface area contributed by atoms with Gasteiger partial charge >= 0.3 is 5.97 Å². The molecule has 4 N–H and O–H groups in total. The summed E-state index contributed by atoms with van der Waals surface area (Å²) in [6, 6.07) is 5.81. The van der Waals surface area contributed by atoms with Gasteiger partial charge in [-0.2, -0.15) is 29.8 Å². The van der Waals surface area contributed by atoms with Crippen LogP contribution in [0.25, 0.3) is 16.3 Å². The number of fused-ring (bicyclic) bond motifs is 2. The number of thiazole rings is 1. The van der Waals surface area contributed by atoms with Crippen LogP contribution >= 0.6 is 79.1 Å². The largest absolute Gasteiger partial charge is 0.481 e. The fraction of sp³-hybridized carbons (Fsp3) is 0.312. The van der Waals surface area contributed by atoms with Gasteiger partial charge in [0.2, 0.25) is 5.52 Å². The van der Waals surface area contributed by atoms with Gasteiger partial charge in [-0.05, 0) is 117 Å². The minimum Gasteiger partial charge on any atom is -0.481 e. The minimum absolute atomic E-state index is 0.0933. The Hall–Kier alpha value is -1.52. The molecule has 1 aliphatic rings. The molecular weight excluding hydrogens is 1100 g/mol. The monoisotopic (exact) mass is 1130 g/mol. The van der Waals surface area contributed by atoms with E-state index in [9.17, 15) is 43.7 Å². The number of carboxylic acids is 1. The molecule has 13 nitrogen and oxygen atoms in total. The second-order valence-corrected chi connectivity index (χ2v) is 20.7. The summed E-state index contributed by atoms with van der Waals surface area (Å²) >= 11 is 8.40. The van der Waals surface area contributed by atoms with Crippen LogP contribution in [0.5, 0.6) is 0 Å². The maximum Gasteiger partial charge on any atom is 0.303 e. The molecule has 0 bridgehead atoms. The number of unbranched alkanes of at least 4 members (excludes halogenated alkanes) is 1. The van der Waals surface area contributed by atoms with Crippen LogP contribution in [0.3, 0.4) is 0 Å². The number of carboxylic acid groups (broad SMARTS) is 1. The topological polar surface area (TPSA) is 208 Å². The van der Waals surface area contributed by atoms with Crippen LogP contribution in [0.4, 0.5) is 5.69 Å². The first-order valence-electron chi connectivity index (χ1n) is 15.4. The number of carbonyl (C=O) groups is 1. The second-order valence-electron chi connectivity index (χ2n) is 12.0. The standard InChI is InChI=1S/C32H33I3N2O11S4/c1-32(15-8-7-12-28(38)39)22-18-21(52(46,47)48)13-14-24(22)37(20-51(43,44)45)26(32)10-5-3-2-4-6-11-27-36(16-9-17-50(40,41)42)25-19-23(33)29(34)30(35)31(25)49-27/h2-6,10-11,13-14,18-19H,7-9,12,15-17,20H2,1H3,(H3-,38,39,40,41,42,43,44,45,46,47,48)/p+1. The summed E-state index contributed by atoms with van der Waals surface area (Å²) in [4.78, 5) is 12.1. The summed E-state index contributed by atoms with van der Waals surface area (Å²) in [5.41, 5.74) is 1.05. The highest BCUT2D eigenvalue weighted by molar-refractivity contribution is 14.1. The average molecular weight is 1130 g/mol. The molecule has 3 aromatic rings. The quantitative estimate of drug-likeness (QED) is 0.0292. The Labute approximate surface area is 347 Å². The number of aromatic nitrogens is 1. The van der Waals surface area contributed by atoms with E-state index in [2.05, 4.69) is 67.8 Å². The predicted octanol–water partition coefficient (Wildman–Crippen LogP) is 6.80. The molecule has 1 aromatic heterocycles. The first-order chi connectivity index (χ1) is 24.1. The molecule has 1 unspecified atom stereocenters. The van der Waals surface area contributed by atoms with E-state index < -0.39 is 47.6 Å². The first kappa shape index (κ1) is 43.2. The molecule has 0 fully saturated rings. The van der Waals surface area contributed by atoms with Gasteiger partial charge in [-0.3, -0.25) is 18.5 Å². The van der Waals surface area contributed by atoms with E-state index in [1.165, 1.54) is 17.0 Å². The zero-order valence-electron chi connectivity index (χ0n) is 27.3. The number of anilines is 1. The van der Waals surface area contributed by atoms with Crippen molar-refractivity contribution >= 4 is 137 Å². The lowest BCUT2D eigenvalue weighted by atomic mass is 9.77. The van der Waals surface area contributed by atoms with Gasteiger partial charge in [0.15, 0.2) is 12.4 Å². The van der Waals surface area contributed by atoms with Gasteiger partial charge in [-0.15, -0.1) is 0 Å². The Morgan fingerprint density at radius 1 is 0.904 bits per heavy atom. The molecule has 282 valence electrons. The Balaban J connectivity index is 1.67. The molecule has 0 aliphatic carbocycles. The molecule has 0 amide bonds. The molecule has 4 rings (SSSR count). The van der Waals surface area contributed by atoms with Gasteiger partial charge < -0.3 is 10.0 Å². The summed E-state index contributed by atoms with van der Waals surface area (Å²) in [5, 5.41) is 9.99. The molecule has 0 saturated heterocycles. The van der Waals surface area contributed by atoms with E-state index in [1.807, 2.05) is 22.8 Å². The summed E-state index contributed by atoms with van der Waals surface area (Å²) in [5.74, 6) is -2.17. The zero-order chi connectivity index (χ0) is 38.6. The molecule has 52 heavy (non-hydrogen) atoms. The van der Waals surface area contributed by atoms with Gasteiger partial charge in [0.25, 0.3) is 35.4 Å². The lowest BCUT2D eigenvalue weighted by molar-refractivity contribution is -0.668. The molecule has 20 heteroatoms. The smallest absolute Gasteiger partial charge is 0.303 e. The second kappa shape index (κ2) is 17.5.